The molecular formula is C22H28N2O4. The smallest absolute Gasteiger partial charge is 0.412 e. The van der Waals surface area contributed by atoms with E-state index in [0.717, 1.165) is 11.3 Å². The van der Waals surface area contributed by atoms with E-state index in [9.17, 15) is 9.59 Å². The average molecular weight is 384 g/mol. The molecule has 0 aliphatic rings. The number of hydrogen-bond donors (Lipinski definition) is 2. The van der Waals surface area contributed by atoms with Gasteiger partial charge in [-0.3, -0.25) is 10.1 Å². The number of amides is 2. The number of carbonyl (C=O) groups excluding carboxylic acids is 2. The standard InChI is InChI=1S/C22H28N2O4/c1-15-9-10-19(16(2)13-15)27-12-11-23-20(25)17-7-6-8-18(14-17)24-21(26)28-22(3,4)5/h6-10,13-14H,11-12H2,1-5H3,(H,23,25)(H,24,26). The number of nitrogens with one attached hydrogen (secondary N) is 2. The van der Waals surface area contributed by atoms with Gasteiger partial charge in [-0.1, -0.05) is 23.8 Å². The second-order valence-corrected chi connectivity index (χ2v) is 7.58. The van der Waals surface area contributed by atoms with E-state index in [0.29, 0.717) is 24.4 Å². The van der Waals surface area contributed by atoms with Crippen LogP contribution in [0, 0.1) is 13.8 Å². The molecule has 2 amide bonds. The monoisotopic (exact) mass is 384 g/mol. The normalized spacial score (nSPS) is 10.9. The van der Waals surface area contributed by atoms with Crippen molar-refractivity contribution in [3.05, 3.63) is 59.2 Å². The molecule has 6 nitrogen and oxygen atoms in total. The van der Waals surface area contributed by atoms with Gasteiger partial charge in [0.1, 0.15) is 18.0 Å². The lowest BCUT2D eigenvalue weighted by molar-refractivity contribution is 0.0635. The molecular weight excluding hydrogens is 356 g/mol. The molecule has 0 saturated carbocycles. The van der Waals surface area contributed by atoms with Gasteiger partial charge in [-0.25, -0.2) is 4.79 Å². The van der Waals surface area contributed by atoms with Crippen molar-refractivity contribution in [2.24, 2.45) is 0 Å². The second-order valence-electron chi connectivity index (χ2n) is 7.58. The van der Waals surface area contributed by atoms with E-state index in [1.807, 2.05) is 26.0 Å². The molecule has 0 radical (unpaired) electrons. The fourth-order valence-corrected chi connectivity index (χ4v) is 2.55. The molecule has 2 aromatic rings. The van der Waals surface area contributed by atoms with Crippen molar-refractivity contribution >= 4 is 17.7 Å². The summed E-state index contributed by atoms with van der Waals surface area (Å²) in [5.41, 5.74) is 2.59. The SMILES string of the molecule is Cc1ccc(OCCNC(=O)c2cccc(NC(=O)OC(C)(C)C)c2)c(C)c1. The first-order valence-corrected chi connectivity index (χ1v) is 9.22. The summed E-state index contributed by atoms with van der Waals surface area (Å²) < 4.78 is 10.9. The van der Waals surface area contributed by atoms with Crippen LogP contribution in [0.15, 0.2) is 42.5 Å². The summed E-state index contributed by atoms with van der Waals surface area (Å²) in [6.07, 6.45) is -0.563. The van der Waals surface area contributed by atoms with Crippen molar-refractivity contribution in [3.8, 4) is 5.75 Å². The van der Waals surface area contributed by atoms with Crippen molar-refractivity contribution in [1.82, 2.24) is 5.32 Å². The van der Waals surface area contributed by atoms with Crippen LogP contribution in [0.25, 0.3) is 0 Å². The summed E-state index contributed by atoms with van der Waals surface area (Å²) in [4.78, 5) is 24.2. The molecule has 2 N–H and O–H groups in total. The maximum absolute atomic E-state index is 12.3. The number of carbonyl (C=O) groups is 2. The summed E-state index contributed by atoms with van der Waals surface area (Å²) in [5.74, 6) is 0.570. The third-order valence-electron chi connectivity index (χ3n) is 3.75. The summed E-state index contributed by atoms with van der Waals surface area (Å²) >= 11 is 0. The van der Waals surface area contributed by atoms with E-state index < -0.39 is 11.7 Å². The van der Waals surface area contributed by atoms with Crippen LogP contribution in [0.2, 0.25) is 0 Å². The molecule has 2 rings (SSSR count). The number of ether oxygens (including phenoxy) is 2. The van der Waals surface area contributed by atoms with E-state index in [-0.39, 0.29) is 5.91 Å². The van der Waals surface area contributed by atoms with Crippen LogP contribution in [0.3, 0.4) is 0 Å². The van der Waals surface area contributed by atoms with Gasteiger partial charge in [0.25, 0.3) is 5.91 Å². The minimum Gasteiger partial charge on any atom is -0.491 e. The van der Waals surface area contributed by atoms with Crippen molar-refractivity contribution < 1.29 is 19.1 Å². The maximum Gasteiger partial charge on any atom is 0.412 e. The van der Waals surface area contributed by atoms with E-state index in [1.54, 1.807) is 45.0 Å². The molecule has 150 valence electrons. The van der Waals surface area contributed by atoms with Crippen LogP contribution in [0.1, 0.15) is 42.3 Å². The Morgan fingerprint density at radius 3 is 2.46 bits per heavy atom. The summed E-state index contributed by atoms with van der Waals surface area (Å²) in [7, 11) is 0. The largest absolute Gasteiger partial charge is 0.491 e. The van der Waals surface area contributed by atoms with E-state index >= 15 is 0 Å². The molecule has 0 atom stereocenters. The predicted molar refractivity (Wildman–Crippen MR) is 110 cm³/mol. The van der Waals surface area contributed by atoms with Gasteiger partial charge < -0.3 is 14.8 Å². The molecule has 0 unspecified atom stereocenters. The van der Waals surface area contributed by atoms with E-state index in [1.165, 1.54) is 5.56 Å². The molecule has 2 aromatic carbocycles. The van der Waals surface area contributed by atoms with Gasteiger partial charge in [0.05, 0.1) is 6.54 Å². The molecule has 0 fully saturated rings. The molecule has 6 heteroatoms. The summed E-state index contributed by atoms with van der Waals surface area (Å²) in [5, 5.41) is 5.44. The topological polar surface area (TPSA) is 76.7 Å². The maximum atomic E-state index is 12.3. The second kappa shape index (κ2) is 9.26. The molecule has 0 bridgehead atoms. The van der Waals surface area contributed by atoms with Gasteiger partial charge in [-0.15, -0.1) is 0 Å². The third-order valence-corrected chi connectivity index (χ3v) is 3.75. The first-order valence-electron chi connectivity index (χ1n) is 9.22. The third kappa shape index (κ3) is 6.95. The number of aryl methyl sites for hydroxylation is 2. The number of rotatable bonds is 6. The van der Waals surface area contributed by atoms with Crippen molar-refractivity contribution in [2.75, 3.05) is 18.5 Å². The average Bonchev–Trinajstić information content (AvgIpc) is 2.58. The molecule has 0 spiro atoms. The van der Waals surface area contributed by atoms with Crippen LogP contribution in [-0.4, -0.2) is 30.8 Å². The number of anilines is 1. The fraction of sp³-hybridized carbons (Fsp3) is 0.364. The van der Waals surface area contributed by atoms with E-state index in [2.05, 4.69) is 16.7 Å². The lowest BCUT2D eigenvalue weighted by atomic mass is 10.1. The van der Waals surface area contributed by atoms with E-state index in [4.69, 9.17) is 9.47 Å². The van der Waals surface area contributed by atoms with Crippen molar-refractivity contribution in [3.63, 3.8) is 0 Å². The minimum absolute atomic E-state index is 0.239. The Balaban J connectivity index is 1.84. The highest BCUT2D eigenvalue weighted by atomic mass is 16.6. The van der Waals surface area contributed by atoms with Crippen molar-refractivity contribution in [1.29, 1.82) is 0 Å². The highest BCUT2D eigenvalue weighted by molar-refractivity contribution is 5.96. The lowest BCUT2D eigenvalue weighted by Gasteiger charge is -2.19. The van der Waals surface area contributed by atoms with Crippen LogP contribution >= 0.6 is 0 Å². The number of benzene rings is 2. The lowest BCUT2D eigenvalue weighted by Crippen LogP contribution is -2.29. The van der Waals surface area contributed by atoms with Crippen LogP contribution in [-0.2, 0) is 4.74 Å². The Kier molecular flexibility index (Phi) is 7.04. The summed E-state index contributed by atoms with van der Waals surface area (Å²) in [6.45, 7) is 10.1. The molecule has 0 aromatic heterocycles. The number of hydrogen-bond acceptors (Lipinski definition) is 4. The first kappa shape index (κ1) is 21.3. The minimum atomic E-state index is -0.588. The predicted octanol–water partition coefficient (Wildman–Crippen LogP) is 4.46. The van der Waals surface area contributed by atoms with Gasteiger partial charge in [0, 0.05) is 11.3 Å². The Morgan fingerprint density at radius 2 is 1.79 bits per heavy atom. The first-order chi connectivity index (χ1) is 13.1. The highest BCUT2D eigenvalue weighted by Gasteiger charge is 2.16. The molecule has 0 aliphatic heterocycles. The Bertz CT molecular complexity index is 841. The zero-order valence-electron chi connectivity index (χ0n) is 17.1. The Labute approximate surface area is 166 Å². The fourth-order valence-electron chi connectivity index (χ4n) is 2.55. The Morgan fingerprint density at radius 1 is 1.04 bits per heavy atom. The highest BCUT2D eigenvalue weighted by Crippen LogP contribution is 2.18. The van der Waals surface area contributed by atoms with Crippen LogP contribution in [0.4, 0.5) is 10.5 Å². The zero-order chi connectivity index (χ0) is 20.7. The van der Waals surface area contributed by atoms with Crippen LogP contribution < -0.4 is 15.4 Å². The molecule has 28 heavy (non-hydrogen) atoms. The van der Waals surface area contributed by atoms with Gasteiger partial charge in [-0.05, 0) is 64.4 Å². The Hall–Kier alpha value is -3.02. The zero-order valence-corrected chi connectivity index (χ0v) is 17.1. The van der Waals surface area contributed by atoms with Gasteiger partial charge in [0.2, 0.25) is 0 Å². The molecule has 0 heterocycles. The molecule has 0 aliphatic carbocycles. The van der Waals surface area contributed by atoms with Gasteiger partial charge in [-0.2, -0.15) is 0 Å². The van der Waals surface area contributed by atoms with Crippen LogP contribution in [0.5, 0.6) is 5.75 Å². The quantitative estimate of drug-likeness (QED) is 0.721. The van der Waals surface area contributed by atoms with Crippen molar-refractivity contribution in [2.45, 2.75) is 40.2 Å². The summed E-state index contributed by atoms with van der Waals surface area (Å²) in [6, 6.07) is 12.7. The van der Waals surface area contributed by atoms with Gasteiger partial charge >= 0.3 is 6.09 Å². The van der Waals surface area contributed by atoms with Gasteiger partial charge in [0.15, 0.2) is 0 Å². The molecule has 0 saturated heterocycles.